The molecule has 0 bridgehead atoms. The number of amides is 2. The molecule has 1 aliphatic rings. The zero-order chi connectivity index (χ0) is 12.3. The Labute approximate surface area is 102 Å². The summed E-state index contributed by atoms with van der Waals surface area (Å²) in [6.07, 6.45) is 2.22. The number of hydrogen-bond donors (Lipinski definition) is 3. The summed E-state index contributed by atoms with van der Waals surface area (Å²) < 4.78 is 0. The van der Waals surface area contributed by atoms with E-state index >= 15 is 0 Å². The van der Waals surface area contributed by atoms with Gasteiger partial charge in [0.1, 0.15) is 0 Å². The Morgan fingerprint density at radius 3 is 3.00 bits per heavy atom. The van der Waals surface area contributed by atoms with Crippen LogP contribution in [-0.2, 0) is 6.42 Å². The van der Waals surface area contributed by atoms with Crippen LogP contribution < -0.4 is 16.0 Å². The van der Waals surface area contributed by atoms with E-state index in [2.05, 4.69) is 16.0 Å². The summed E-state index contributed by atoms with van der Waals surface area (Å²) in [6, 6.07) is 6.00. The first-order valence-corrected chi connectivity index (χ1v) is 6.09. The largest absolute Gasteiger partial charge is 0.385 e. The quantitative estimate of drug-likeness (QED) is 0.735. The number of urea groups is 1. The predicted octanol–water partition coefficient (Wildman–Crippen LogP) is 2.57. The fraction of sp³-hybridized carbons (Fsp3) is 0.462. The molecule has 0 saturated heterocycles. The average molecular weight is 233 g/mol. The Kier molecular flexibility index (Phi) is 3.52. The highest BCUT2D eigenvalue weighted by Gasteiger charge is 2.10. The molecule has 3 N–H and O–H groups in total. The normalized spacial score (nSPS) is 13.8. The highest BCUT2D eigenvalue weighted by Crippen LogP contribution is 2.24. The molecule has 0 atom stereocenters. The molecule has 1 aromatic rings. The number of fused-ring (bicyclic) bond motifs is 1. The highest BCUT2D eigenvalue weighted by atomic mass is 16.2. The summed E-state index contributed by atoms with van der Waals surface area (Å²) in [5.41, 5.74) is 3.32. The van der Waals surface area contributed by atoms with Gasteiger partial charge in [0.15, 0.2) is 0 Å². The maximum Gasteiger partial charge on any atom is 0.319 e. The summed E-state index contributed by atoms with van der Waals surface area (Å²) >= 11 is 0. The Hall–Kier alpha value is -1.71. The highest BCUT2D eigenvalue weighted by molar-refractivity contribution is 5.89. The molecule has 92 valence electrons. The number of hydrogen-bond acceptors (Lipinski definition) is 2. The lowest BCUT2D eigenvalue weighted by molar-refractivity contribution is 0.250. The van der Waals surface area contributed by atoms with Gasteiger partial charge in [-0.15, -0.1) is 0 Å². The van der Waals surface area contributed by atoms with Crippen molar-refractivity contribution in [3.8, 4) is 0 Å². The van der Waals surface area contributed by atoms with Crippen molar-refractivity contribution in [1.82, 2.24) is 5.32 Å². The van der Waals surface area contributed by atoms with E-state index in [1.54, 1.807) is 0 Å². The smallest absolute Gasteiger partial charge is 0.319 e. The van der Waals surface area contributed by atoms with E-state index in [4.69, 9.17) is 0 Å². The zero-order valence-electron chi connectivity index (χ0n) is 10.3. The molecule has 1 heterocycles. The molecule has 0 aliphatic carbocycles. The van der Waals surface area contributed by atoms with Crippen molar-refractivity contribution >= 4 is 17.4 Å². The van der Waals surface area contributed by atoms with Crippen molar-refractivity contribution in [1.29, 1.82) is 0 Å². The van der Waals surface area contributed by atoms with Crippen molar-refractivity contribution in [3.63, 3.8) is 0 Å². The van der Waals surface area contributed by atoms with Gasteiger partial charge in [0.05, 0.1) is 0 Å². The first-order valence-electron chi connectivity index (χ1n) is 6.09. The van der Waals surface area contributed by atoms with Crippen LogP contribution >= 0.6 is 0 Å². The van der Waals surface area contributed by atoms with Crippen LogP contribution in [0.5, 0.6) is 0 Å². The topological polar surface area (TPSA) is 53.2 Å². The van der Waals surface area contributed by atoms with Crippen LogP contribution in [0.2, 0.25) is 0 Å². The molecule has 0 saturated carbocycles. The summed E-state index contributed by atoms with van der Waals surface area (Å²) in [6.45, 7) is 4.92. The van der Waals surface area contributed by atoms with E-state index in [9.17, 15) is 4.79 Å². The van der Waals surface area contributed by atoms with Crippen LogP contribution in [0.3, 0.4) is 0 Å². The molecule has 2 amide bonds. The number of aryl methyl sites for hydroxylation is 1. The van der Waals surface area contributed by atoms with Crippen molar-refractivity contribution < 1.29 is 4.79 Å². The third kappa shape index (κ3) is 3.12. The molecule has 4 nitrogen and oxygen atoms in total. The first-order chi connectivity index (χ1) is 8.15. The molecule has 1 aromatic carbocycles. The number of benzene rings is 1. The van der Waals surface area contributed by atoms with Crippen LogP contribution in [0, 0.1) is 0 Å². The number of anilines is 2. The fourth-order valence-corrected chi connectivity index (χ4v) is 1.98. The van der Waals surface area contributed by atoms with Crippen LogP contribution in [0.4, 0.5) is 16.2 Å². The van der Waals surface area contributed by atoms with Crippen LogP contribution in [-0.4, -0.2) is 18.6 Å². The lowest BCUT2D eigenvalue weighted by Crippen LogP contribution is -2.34. The van der Waals surface area contributed by atoms with Gasteiger partial charge in [-0.3, -0.25) is 0 Å². The zero-order valence-corrected chi connectivity index (χ0v) is 10.3. The number of carbonyl (C=O) groups excluding carboxylic acids is 1. The van der Waals surface area contributed by atoms with Crippen LogP contribution in [0.15, 0.2) is 18.2 Å². The van der Waals surface area contributed by atoms with Gasteiger partial charge in [-0.25, -0.2) is 4.79 Å². The van der Waals surface area contributed by atoms with E-state index in [0.717, 1.165) is 25.1 Å². The molecule has 0 unspecified atom stereocenters. The fourth-order valence-electron chi connectivity index (χ4n) is 1.98. The molecule has 4 heteroatoms. The monoisotopic (exact) mass is 233 g/mol. The minimum absolute atomic E-state index is 0.147. The van der Waals surface area contributed by atoms with Crippen molar-refractivity contribution in [2.45, 2.75) is 32.7 Å². The third-order valence-electron chi connectivity index (χ3n) is 2.72. The van der Waals surface area contributed by atoms with Gasteiger partial charge in [-0.2, -0.15) is 0 Å². The minimum atomic E-state index is -0.149. The second-order valence-corrected chi connectivity index (χ2v) is 4.66. The molecule has 1 aliphatic heterocycles. The molecule has 0 radical (unpaired) electrons. The van der Waals surface area contributed by atoms with Gasteiger partial charge >= 0.3 is 6.03 Å². The first kappa shape index (κ1) is 11.8. The van der Waals surface area contributed by atoms with Gasteiger partial charge in [-0.1, -0.05) is 0 Å². The minimum Gasteiger partial charge on any atom is -0.385 e. The number of nitrogens with one attached hydrogen (secondary N) is 3. The van der Waals surface area contributed by atoms with Gasteiger partial charge in [0.25, 0.3) is 0 Å². The van der Waals surface area contributed by atoms with Gasteiger partial charge in [0, 0.05) is 24.0 Å². The summed E-state index contributed by atoms with van der Waals surface area (Å²) in [5, 5.41) is 9.00. The molecular weight excluding hydrogens is 214 g/mol. The molecule has 2 rings (SSSR count). The Morgan fingerprint density at radius 1 is 1.41 bits per heavy atom. The van der Waals surface area contributed by atoms with E-state index in [1.165, 1.54) is 11.3 Å². The van der Waals surface area contributed by atoms with Crippen molar-refractivity contribution in [3.05, 3.63) is 23.8 Å². The predicted molar refractivity (Wildman–Crippen MR) is 70.5 cm³/mol. The van der Waals surface area contributed by atoms with E-state index in [0.29, 0.717) is 0 Å². The van der Waals surface area contributed by atoms with Crippen LogP contribution in [0.1, 0.15) is 25.8 Å². The molecular formula is C13H19N3O. The van der Waals surface area contributed by atoms with Gasteiger partial charge in [0.2, 0.25) is 0 Å². The summed E-state index contributed by atoms with van der Waals surface area (Å²) in [5.74, 6) is 0. The maximum absolute atomic E-state index is 11.6. The Morgan fingerprint density at radius 2 is 2.24 bits per heavy atom. The van der Waals surface area contributed by atoms with E-state index in [1.807, 2.05) is 32.0 Å². The molecule has 0 fully saturated rings. The van der Waals surface area contributed by atoms with Gasteiger partial charge < -0.3 is 16.0 Å². The number of rotatable bonds is 2. The SMILES string of the molecule is CC(C)NC(=O)Nc1ccc2c(c1)CCCN2. The van der Waals surface area contributed by atoms with E-state index in [-0.39, 0.29) is 12.1 Å². The molecule has 17 heavy (non-hydrogen) atoms. The Balaban J connectivity index is 2.04. The second-order valence-electron chi connectivity index (χ2n) is 4.66. The lowest BCUT2D eigenvalue weighted by atomic mass is 10.0. The standard InChI is InChI=1S/C13H19N3O/c1-9(2)15-13(17)16-11-5-6-12-10(8-11)4-3-7-14-12/h5-6,8-9,14H,3-4,7H2,1-2H3,(H2,15,16,17). The van der Waals surface area contributed by atoms with Crippen molar-refractivity contribution in [2.75, 3.05) is 17.2 Å². The van der Waals surface area contributed by atoms with E-state index < -0.39 is 0 Å². The van der Waals surface area contributed by atoms with Crippen LogP contribution in [0.25, 0.3) is 0 Å². The Bertz CT molecular complexity index is 415. The average Bonchev–Trinajstić information content (AvgIpc) is 2.27. The summed E-state index contributed by atoms with van der Waals surface area (Å²) in [7, 11) is 0. The third-order valence-corrected chi connectivity index (χ3v) is 2.72. The van der Waals surface area contributed by atoms with Gasteiger partial charge in [-0.05, 0) is 50.5 Å². The number of carbonyl (C=O) groups is 1. The van der Waals surface area contributed by atoms with Crippen molar-refractivity contribution in [2.24, 2.45) is 0 Å². The second kappa shape index (κ2) is 5.08. The summed E-state index contributed by atoms with van der Waals surface area (Å²) in [4.78, 5) is 11.6. The molecule has 0 aromatic heterocycles. The molecule has 0 spiro atoms. The maximum atomic E-state index is 11.6. The lowest BCUT2D eigenvalue weighted by Gasteiger charge is -2.19.